The van der Waals surface area contributed by atoms with Crippen LogP contribution in [0.4, 0.5) is 17.1 Å². The summed E-state index contributed by atoms with van der Waals surface area (Å²) in [5.41, 5.74) is 0.918. The van der Waals surface area contributed by atoms with Gasteiger partial charge in [-0.2, -0.15) is 0 Å². The lowest BCUT2D eigenvalue weighted by Gasteiger charge is -2.20. The predicted octanol–water partition coefficient (Wildman–Crippen LogP) is 2.02. The summed E-state index contributed by atoms with van der Waals surface area (Å²) in [7, 11) is -4.65. The van der Waals surface area contributed by atoms with E-state index in [2.05, 4.69) is 4.72 Å². The van der Waals surface area contributed by atoms with Crippen molar-refractivity contribution < 1.29 is 26.4 Å². The van der Waals surface area contributed by atoms with Gasteiger partial charge in [0.05, 0.1) is 35.3 Å². The van der Waals surface area contributed by atoms with Crippen LogP contribution in [0.5, 0.6) is 5.75 Å². The maximum atomic E-state index is 12.9. The van der Waals surface area contributed by atoms with Crippen LogP contribution in [0.3, 0.4) is 0 Å². The van der Waals surface area contributed by atoms with Crippen molar-refractivity contribution in [1.82, 2.24) is 0 Å². The summed E-state index contributed by atoms with van der Waals surface area (Å²) in [5, 5.41) is 0. The van der Waals surface area contributed by atoms with Gasteiger partial charge in [-0.25, -0.2) is 16.8 Å². The van der Waals surface area contributed by atoms with Crippen LogP contribution in [0.1, 0.15) is 12.8 Å². The van der Waals surface area contributed by atoms with Gasteiger partial charge in [-0.1, -0.05) is 6.07 Å². The number of sulfonamides is 2. The van der Waals surface area contributed by atoms with Crippen molar-refractivity contribution >= 4 is 43.0 Å². The van der Waals surface area contributed by atoms with Gasteiger partial charge in [0.1, 0.15) is 5.75 Å². The number of hydrogen-bond donors (Lipinski definition) is 1. The van der Waals surface area contributed by atoms with Gasteiger partial charge in [-0.05, 0) is 42.8 Å². The molecule has 0 atom stereocenters. The fraction of sp³-hybridized carbons (Fsp3) is 0.316. The lowest BCUT2D eigenvalue weighted by Crippen LogP contribution is -2.25. The van der Waals surface area contributed by atoms with Crippen LogP contribution in [-0.4, -0.2) is 49.7 Å². The van der Waals surface area contributed by atoms with Crippen LogP contribution in [-0.2, 0) is 24.8 Å². The molecule has 3 rings (SSSR count). The molecular formula is C19H23N3O6S2. The van der Waals surface area contributed by atoms with Crippen molar-refractivity contribution in [2.24, 2.45) is 0 Å². The molecule has 0 aliphatic carbocycles. The highest BCUT2D eigenvalue weighted by molar-refractivity contribution is 7.92. The number of hydrogen-bond acceptors (Lipinski definition) is 6. The first-order valence-electron chi connectivity index (χ1n) is 9.08. The molecule has 0 aromatic heterocycles. The Kier molecular flexibility index (Phi) is 5.95. The fourth-order valence-corrected chi connectivity index (χ4v) is 4.69. The molecule has 1 heterocycles. The average Bonchev–Trinajstić information content (AvgIpc) is 3.11. The summed E-state index contributed by atoms with van der Waals surface area (Å²) in [6.45, 7) is 0.492. The molecule has 2 aromatic carbocycles. The van der Waals surface area contributed by atoms with Crippen molar-refractivity contribution in [2.75, 3.05) is 40.9 Å². The van der Waals surface area contributed by atoms with Crippen LogP contribution in [0.2, 0.25) is 0 Å². The van der Waals surface area contributed by atoms with E-state index in [-0.39, 0.29) is 16.5 Å². The monoisotopic (exact) mass is 453 g/mol. The van der Waals surface area contributed by atoms with Gasteiger partial charge in [-0.3, -0.25) is 13.8 Å². The number of nitrogens with one attached hydrogen (secondary N) is 1. The van der Waals surface area contributed by atoms with E-state index in [0.717, 1.165) is 10.6 Å². The first-order chi connectivity index (χ1) is 14.0. The van der Waals surface area contributed by atoms with E-state index in [1.54, 1.807) is 12.1 Å². The first kappa shape index (κ1) is 21.9. The van der Waals surface area contributed by atoms with Crippen LogP contribution in [0, 0.1) is 0 Å². The van der Waals surface area contributed by atoms with Gasteiger partial charge < -0.3 is 9.64 Å². The summed E-state index contributed by atoms with van der Waals surface area (Å²) >= 11 is 0. The van der Waals surface area contributed by atoms with Crippen molar-refractivity contribution in [3.8, 4) is 5.75 Å². The molecule has 11 heteroatoms. The van der Waals surface area contributed by atoms with Crippen LogP contribution in [0.15, 0.2) is 47.4 Å². The molecule has 1 fully saturated rings. The van der Waals surface area contributed by atoms with E-state index >= 15 is 0 Å². The van der Waals surface area contributed by atoms with Gasteiger partial charge >= 0.3 is 0 Å². The van der Waals surface area contributed by atoms with Gasteiger partial charge in [0.25, 0.3) is 10.0 Å². The molecule has 0 bridgehead atoms. The zero-order chi connectivity index (χ0) is 22.1. The Hall–Kier alpha value is -2.79. The summed E-state index contributed by atoms with van der Waals surface area (Å²) < 4.78 is 58.2. The second-order valence-corrected chi connectivity index (χ2v) is 10.6. The van der Waals surface area contributed by atoms with Crippen molar-refractivity contribution in [3.05, 3.63) is 42.5 Å². The summed E-state index contributed by atoms with van der Waals surface area (Å²) in [6.07, 6.45) is 2.15. The standard InChI is InChI=1S/C19H23N3O6S2/c1-21(29(3,24)25)15-7-4-6-14(12-15)20-30(26,27)16-9-10-18(28-2)17(13-16)22-11-5-8-19(22)23/h4,6-7,9-10,12-13,20H,5,8,11H2,1-3H3. The van der Waals surface area contributed by atoms with E-state index < -0.39 is 20.0 Å². The Bertz CT molecular complexity index is 1180. The Morgan fingerprint density at radius 3 is 2.43 bits per heavy atom. The maximum absolute atomic E-state index is 12.9. The molecule has 1 N–H and O–H groups in total. The minimum atomic E-state index is -4.00. The molecule has 0 saturated carbocycles. The van der Waals surface area contributed by atoms with Gasteiger partial charge in [-0.15, -0.1) is 0 Å². The third kappa shape index (κ3) is 4.51. The Balaban J connectivity index is 1.94. The molecule has 1 saturated heterocycles. The highest BCUT2D eigenvalue weighted by Gasteiger charge is 2.26. The van der Waals surface area contributed by atoms with Crippen LogP contribution < -0.4 is 18.7 Å². The second-order valence-electron chi connectivity index (χ2n) is 6.87. The zero-order valence-electron chi connectivity index (χ0n) is 16.8. The lowest BCUT2D eigenvalue weighted by atomic mass is 10.2. The summed E-state index contributed by atoms with van der Waals surface area (Å²) in [4.78, 5) is 13.6. The molecular weight excluding hydrogens is 430 g/mol. The van der Waals surface area contributed by atoms with Crippen molar-refractivity contribution in [3.63, 3.8) is 0 Å². The molecule has 1 amide bonds. The van der Waals surface area contributed by atoms with Crippen LogP contribution in [0.25, 0.3) is 0 Å². The lowest BCUT2D eigenvalue weighted by molar-refractivity contribution is -0.117. The smallest absolute Gasteiger partial charge is 0.261 e. The normalized spacial score (nSPS) is 14.6. The molecule has 9 nitrogen and oxygen atoms in total. The molecule has 1 aliphatic heterocycles. The summed E-state index contributed by atoms with van der Waals surface area (Å²) in [5.74, 6) is 0.313. The van der Waals surface area contributed by atoms with E-state index in [1.807, 2.05) is 0 Å². The second kappa shape index (κ2) is 8.15. The number of carbonyl (C=O) groups is 1. The topological polar surface area (TPSA) is 113 Å². The molecule has 2 aromatic rings. The Morgan fingerprint density at radius 2 is 1.83 bits per heavy atom. The number of nitrogens with zero attached hydrogens (tertiary/aromatic N) is 2. The van der Waals surface area contributed by atoms with E-state index in [4.69, 9.17) is 4.74 Å². The largest absolute Gasteiger partial charge is 0.495 e. The fourth-order valence-electron chi connectivity index (χ4n) is 3.12. The van der Waals surface area contributed by atoms with E-state index in [1.165, 1.54) is 49.4 Å². The minimum Gasteiger partial charge on any atom is -0.495 e. The first-order valence-corrected chi connectivity index (χ1v) is 12.4. The van der Waals surface area contributed by atoms with Gasteiger partial charge in [0.15, 0.2) is 0 Å². The third-order valence-corrected chi connectivity index (χ3v) is 7.37. The maximum Gasteiger partial charge on any atom is 0.261 e. The van der Waals surface area contributed by atoms with E-state index in [9.17, 15) is 21.6 Å². The zero-order valence-corrected chi connectivity index (χ0v) is 18.5. The van der Waals surface area contributed by atoms with Crippen molar-refractivity contribution in [2.45, 2.75) is 17.7 Å². The molecule has 0 unspecified atom stereocenters. The number of rotatable bonds is 7. The molecule has 30 heavy (non-hydrogen) atoms. The third-order valence-electron chi connectivity index (χ3n) is 4.78. The summed E-state index contributed by atoms with van der Waals surface area (Å²) in [6, 6.07) is 10.3. The number of benzene rings is 2. The van der Waals surface area contributed by atoms with Gasteiger partial charge in [0, 0.05) is 20.0 Å². The number of carbonyl (C=O) groups excluding carboxylic acids is 1. The van der Waals surface area contributed by atoms with Crippen LogP contribution >= 0.6 is 0 Å². The quantitative estimate of drug-likeness (QED) is 0.686. The molecule has 0 spiro atoms. The number of methoxy groups -OCH3 is 1. The SMILES string of the molecule is COc1ccc(S(=O)(=O)Nc2cccc(N(C)S(C)(=O)=O)c2)cc1N1CCCC1=O. The Morgan fingerprint density at radius 1 is 1.10 bits per heavy atom. The molecule has 0 radical (unpaired) electrons. The Labute approximate surface area is 176 Å². The van der Waals surface area contributed by atoms with Gasteiger partial charge in [0.2, 0.25) is 15.9 Å². The van der Waals surface area contributed by atoms with Crippen molar-refractivity contribution in [1.29, 1.82) is 0 Å². The number of amides is 1. The molecule has 1 aliphatic rings. The molecule has 162 valence electrons. The number of ether oxygens (including phenoxy) is 1. The highest BCUT2D eigenvalue weighted by atomic mass is 32.2. The highest BCUT2D eigenvalue weighted by Crippen LogP contribution is 2.34. The predicted molar refractivity (Wildman–Crippen MR) is 115 cm³/mol. The minimum absolute atomic E-state index is 0.0418. The number of anilines is 3. The average molecular weight is 454 g/mol. The van der Waals surface area contributed by atoms with E-state index in [0.29, 0.717) is 36.5 Å².